The molecule has 0 unspecified atom stereocenters. The maximum Gasteiger partial charge on any atom is 0.224 e. The van der Waals surface area contributed by atoms with Gasteiger partial charge in [0.2, 0.25) is 5.91 Å². The van der Waals surface area contributed by atoms with Crippen molar-refractivity contribution in [1.29, 1.82) is 0 Å². The van der Waals surface area contributed by atoms with E-state index in [4.69, 9.17) is 21.1 Å². The van der Waals surface area contributed by atoms with Crippen molar-refractivity contribution in [3.05, 3.63) is 53.1 Å². The van der Waals surface area contributed by atoms with Gasteiger partial charge in [0, 0.05) is 12.1 Å². The highest BCUT2D eigenvalue weighted by molar-refractivity contribution is 6.32. The zero-order chi connectivity index (χ0) is 16.7. The van der Waals surface area contributed by atoms with E-state index in [1.807, 2.05) is 31.2 Å². The molecule has 23 heavy (non-hydrogen) atoms. The molecule has 0 bridgehead atoms. The number of benzene rings is 2. The molecule has 2 rings (SSSR count). The molecule has 2 aromatic rings. The van der Waals surface area contributed by atoms with Crippen LogP contribution in [0.5, 0.6) is 11.5 Å². The lowest BCUT2D eigenvalue weighted by Crippen LogP contribution is -2.12. The lowest BCUT2D eigenvalue weighted by Gasteiger charge is -2.10. The summed E-state index contributed by atoms with van der Waals surface area (Å²) >= 11 is 6.05. The van der Waals surface area contributed by atoms with Crippen molar-refractivity contribution in [2.75, 3.05) is 19.0 Å². The van der Waals surface area contributed by atoms with Gasteiger partial charge in [-0.25, -0.2) is 0 Å². The lowest BCUT2D eigenvalue weighted by atomic mass is 10.1. The van der Waals surface area contributed by atoms with Gasteiger partial charge in [0.15, 0.2) is 0 Å². The fourth-order valence-electron chi connectivity index (χ4n) is 2.22. The Balaban J connectivity index is 1.94. The van der Waals surface area contributed by atoms with Crippen LogP contribution < -0.4 is 14.8 Å². The predicted octanol–water partition coefficient (Wildman–Crippen LogP) is 4.32. The van der Waals surface area contributed by atoms with Gasteiger partial charge in [0.1, 0.15) is 11.5 Å². The normalized spacial score (nSPS) is 10.2. The second-order valence-electron chi connectivity index (χ2n) is 4.94. The van der Waals surface area contributed by atoms with Crippen LogP contribution in [0.4, 0.5) is 5.69 Å². The van der Waals surface area contributed by atoms with Gasteiger partial charge in [-0.3, -0.25) is 4.79 Å². The summed E-state index contributed by atoms with van der Waals surface area (Å²) in [6, 6.07) is 12.9. The zero-order valence-electron chi connectivity index (χ0n) is 13.3. The van der Waals surface area contributed by atoms with Crippen molar-refractivity contribution < 1.29 is 14.3 Å². The van der Waals surface area contributed by atoms with Crippen LogP contribution in [0.15, 0.2) is 42.5 Å². The summed E-state index contributed by atoms with van der Waals surface area (Å²) < 4.78 is 10.7. The van der Waals surface area contributed by atoms with Crippen molar-refractivity contribution in [3.8, 4) is 11.5 Å². The average Bonchev–Trinajstić information content (AvgIpc) is 2.54. The molecule has 2 aromatic carbocycles. The fraction of sp³-hybridized carbons (Fsp3) is 0.278. The molecule has 122 valence electrons. The predicted molar refractivity (Wildman–Crippen MR) is 92.6 cm³/mol. The SMILES string of the molecule is CCOc1ccccc1CCC(=O)Nc1ccc(OC)c(Cl)c1. The molecule has 0 saturated carbocycles. The van der Waals surface area contributed by atoms with Crippen molar-refractivity contribution in [2.45, 2.75) is 19.8 Å². The molecule has 0 aliphatic carbocycles. The van der Waals surface area contributed by atoms with E-state index < -0.39 is 0 Å². The van der Waals surface area contributed by atoms with E-state index in [9.17, 15) is 4.79 Å². The number of amides is 1. The van der Waals surface area contributed by atoms with Gasteiger partial charge in [-0.15, -0.1) is 0 Å². The van der Waals surface area contributed by atoms with Gasteiger partial charge < -0.3 is 14.8 Å². The summed E-state index contributed by atoms with van der Waals surface area (Å²) in [4.78, 5) is 12.1. The van der Waals surface area contributed by atoms with Gasteiger partial charge in [0.05, 0.1) is 18.7 Å². The quantitative estimate of drug-likeness (QED) is 0.821. The third-order valence-corrected chi connectivity index (χ3v) is 3.62. The van der Waals surface area contributed by atoms with E-state index in [0.717, 1.165) is 11.3 Å². The van der Waals surface area contributed by atoms with Crippen LogP contribution in [-0.4, -0.2) is 19.6 Å². The van der Waals surface area contributed by atoms with Crippen molar-refractivity contribution in [3.63, 3.8) is 0 Å². The second kappa shape index (κ2) is 8.44. The summed E-state index contributed by atoms with van der Waals surface area (Å²) in [5.74, 6) is 1.34. The first-order chi connectivity index (χ1) is 11.1. The van der Waals surface area contributed by atoms with Crippen LogP contribution in [-0.2, 0) is 11.2 Å². The first-order valence-electron chi connectivity index (χ1n) is 7.48. The molecule has 0 aliphatic heterocycles. The van der Waals surface area contributed by atoms with Crippen LogP contribution in [0.3, 0.4) is 0 Å². The Morgan fingerprint density at radius 2 is 1.96 bits per heavy atom. The Morgan fingerprint density at radius 3 is 2.65 bits per heavy atom. The summed E-state index contributed by atoms with van der Waals surface area (Å²) in [5, 5.41) is 3.30. The van der Waals surface area contributed by atoms with E-state index in [-0.39, 0.29) is 5.91 Å². The van der Waals surface area contributed by atoms with Gasteiger partial charge in [-0.2, -0.15) is 0 Å². The van der Waals surface area contributed by atoms with E-state index >= 15 is 0 Å². The maximum atomic E-state index is 12.1. The van der Waals surface area contributed by atoms with E-state index in [1.165, 1.54) is 0 Å². The minimum Gasteiger partial charge on any atom is -0.495 e. The van der Waals surface area contributed by atoms with E-state index in [0.29, 0.717) is 35.9 Å². The minimum absolute atomic E-state index is 0.0717. The van der Waals surface area contributed by atoms with Gasteiger partial charge in [-0.1, -0.05) is 29.8 Å². The number of halogens is 1. The molecule has 0 saturated heterocycles. The Bertz CT molecular complexity index is 673. The first kappa shape index (κ1) is 17.2. The summed E-state index contributed by atoms with van der Waals surface area (Å²) in [6.07, 6.45) is 0.986. The third-order valence-electron chi connectivity index (χ3n) is 3.33. The number of ether oxygens (including phenoxy) is 2. The molecule has 5 heteroatoms. The highest BCUT2D eigenvalue weighted by atomic mass is 35.5. The largest absolute Gasteiger partial charge is 0.495 e. The number of hydrogen-bond acceptors (Lipinski definition) is 3. The van der Waals surface area contributed by atoms with Crippen molar-refractivity contribution in [1.82, 2.24) is 0 Å². The van der Waals surface area contributed by atoms with E-state index in [2.05, 4.69) is 5.32 Å². The van der Waals surface area contributed by atoms with Gasteiger partial charge in [0.25, 0.3) is 0 Å². The Labute approximate surface area is 141 Å². The molecule has 1 N–H and O–H groups in total. The van der Waals surface area contributed by atoms with Crippen molar-refractivity contribution in [2.24, 2.45) is 0 Å². The number of para-hydroxylation sites is 1. The lowest BCUT2D eigenvalue weighted by molar-refractivity contribution is -0.116. The smallest absolute Gasteiger partial charge is 0.224 e. The zero-order valence-corrected chi connectivity index (χ0v) is 14.0. The first-order valence-corrected chi connectivity index (χ1v) is 7.86. The average molecular weight is 334 g/mol. The number of methoxy groups -OCH3 is 1. The molecule has 1 amide bonds. The van der Waals surface area contributed by atoms with Crippen LogP contribution >= 0.6 is 11.6 Å². The number of carbonyl (C=O) groups is 1. The number of aryl methyl sites for hydroxylation is 1. The maximum absolute atomic E-state index is 12.1. The van der Waals surface area contributed by atoms with Crippen LogP contribution in [0.2, 0.25) is 5.02 Å². The Kier molecular flexibility index (Phi) is 6.29. The molecule has 0 aliphatic rings. The molecular formula is C18H20ClNO3. The minimum atomic E-state index is -0.0717. The summed E-state index contributed by atoms with van der Waals surface area (Å²) in [7, 11) is 1.55. The number of nitrogens with one attached hydrogen (secondary N) is 1. The molecule has 4 nitrogen and oxygen atoms in total. The highest BCUT2D eigenvalue weighted by Crippen LogP contribution is 2.27. The molecular weight excluding hydrogens is 314 g/mol. The van der Waals surface area contributed by atoms with Gasteiger partial charge >= 0.3 is 0 Å². The Hall–Kier alpha value is -2.20. The topological polar surface area (TPSA) is 47.6 Å². The Morgan fingerprint density at radius 1 is 1.17 bits per heavy atom. The van der Waals surface area contributed by atoms with Crippen LogP contribution in [0.1, 0.15) is 18.9 Å². The number of rotatable bonds is 7. The standard InChI is InChI=1S/C18H20ClNO3/c1-3-23-16-7-5-4-6-13(16)8-11-18(21)20-14-9-10-17(22-2)15(19)12-14/h4-7,9-10,12H,3,8,11H2,1-2H3,(H,20,21). The van der Waals surface area contributed by atoms with Crippen LogP contribution in [0, 0.1) is 0 Å². The van der Waals surface area contributed by atoms with E-state index in [1.54, 1.807) is 25.3 Å². The van der Waals surface area contributed by atoms with Gasteiger partial charge in [-0.05, 0) is 43.2 Å². The molecule has 0 aromatic heterocycles. The molecule has 0 heterocycles. The van der Waals surface area contributed by atoms with Crippen molar-refractivity contribution >= 4 is 23.2 Å². The molecule has 0 atom stereocenters. The molecule has 0 spiro atoms. The monoisotopic (exact) mass is 333 g/mol. The number of hydrogen-bond donors (Lipinski definition) is 1. The number of carbonyl (C=O) groups excluding carboxylic acids is 1. The fourth-order valence-corrected chi connectivity index (χ4v) is 2.48. The molecule has 0 fully saturated rings. The number of anilines is 1. The third kappa shape index (κ3) is 4.89. The highest BCUT2D eigenvalue weighted by Gasteiger charge is 2.08. The second-order valence-corrected chi connectivity index (χ2v) is 5.35. The summed E-state index contributed by atoms with van der Waals surface area (Å²) in [6.45, 7) is 2.55. The van der Waals surface area contributed by atoms with Crippen LogP contribution in [0.25, 0.3) is 0 Å². The summed E-state index contributed by atoms with van der Waals surface area (Å²) in [5.41, 5.74) is 1.68. The molecule has 0 radical (unpaired) electrons.